The van der Waals surface area contributed by atoms with Gasteiger partial charge in [0.1, 0.15) is 0 Å². The zero-order valence-corrected chi connectivity index (χ0v) is 9.45. The van der Waals surface area contributed by atoms with E-state index in [2.05, 4.69) is 10.4 Å². The molecule has 0 fully saturated rings. The number of carbonyl (C=O) groups excluding carboxylic acids is 1. The Bertz CT molecular complexity index is 363. The SMILES string of the molecule is CC(C)[C@@H](C)NC(=O)c1cnn(C(F)F)c1. The van der Waals surface area contributed by atoms with Crippen molar-refractivity contribution in [1.82, 2.24) is 15.1 Å². The topological polar surface area (TPSA) is 46.9 Å². The molecule has 4 nitrogen and oxygen atoms in total. The van der Waals surface area contributed by atoms with E-state index >= 15 is 0 Å². The Morgan fingerprint density at radius 3 is 2.50 bits per heavy atom. The van der Waals surface area contributed by atoms with Crippen molar-refractivity contribution in [3.8, 4) is 0 Å². The Hall–Kier alpha value is -1.46. The van der Waals surface area contributed by atoms with E-state index in [-0.39, 0.29) is 23.4 Å². The van der Waals surface area contributed by atoms with Gasteiger partial charge in [-0.2, -0.15) is 13.9 Å². The highest BCUT2D eigenvalue weighted by molar-refractivity contribution is 5.93. The normalized spacial score (nSPS) is 13.2. The summed E-state index contributed by atoms with van der Waals surface area (Å²) in [6.07, 6.45) is 2.17. The average molecular weight is 231 g/mol. The van der Waals surface area contributed by atoms with Crippen LogP contribution in [0.2, 0.25) is 0 Å². The number of hydrogen-bond donors (Lipinski definition) is 1. The molecule has 0 aliphatic rings. The molecule has 0 radical (unpaired) electrons. The van der Waals surface area contributed by atoms with Gasteiger partial charge in [0.25, 0.3) is 5.91 Å². The molecule has 0 saturated heterocycles. The van der Waals surface area contributed by atoms with Crippen molar-refractivity contribution in [1.29, 1.82) is 0 Å². The van der Waals surface area contributed by atoms with Crippen LogP contribution in [0.5, 0.6) is 0 Å². The number of carbonyl (C=O) groups is 1. The first-order chi connectivity index (χ1) is 7.41. The van der Waals surface area contributed by atoms with E-state index in [0.29, 0.717) is 4.68 Å². The zero-order valence-electron chi connectivity index (χ0n) is 9.45. The summed E-state index contributed by atoms with van der Waals surface area (Å²) in [6, 6.07) is -0.0117. The molecule has 0 aliphatic heterocycles. The van der Waals surface area contributed by atoms with Gasteiger partial charge < -0.3 is 5.32 Å². The Labute approximate surface area is 92.6 Å². The first-order valence-electron chi connectivity index (χ1n) is 5.05. The number of alkyl halides is 2. The molecule has 1 aromatic rings. The van der Waals surface area contributed by atoms with E-state index < -0.39 is 6.55 Å². The number of rotatable bonds is 4. The zero-order chi connectivity index (χ0) is 12.3. The smallest absolute Gasteiger partial charge is 0.333 e. The molecule has 0 aromatic carbocycles. The second kappa shape index (κ2) is 5.05. The highest BCUT2D eigenvalue weighted by atomic mass is 19.3. The molecular weight excluding hydrogens is 216 g/mol. The quantitative estimate of drug-likeness (QED) is 0.862. The third-order valence-electron chi connectivity index (χ3n) is 2.42. The van der Waals surface area contributed by atoms with Gasteiger partial charge in [0.05, 0.1) is 11.8 Å². The van der Waals surface area contributed by atoms with Crippen molar-refractivity contribution in [2.24, 2.45) is 5.92 Å². The van der Waals surface area contributed by atoms with Crippen LogP contribution in [0.3, 0.4) is 0 Å². The third kappa shape index (κ3) is 3.01. The summed E-state index contributed by atoms with van der Waals surface area (Å²) in [5, 5.41) is 6.11. The number of nitrogens with zero attached hydrogens (tertiary/aromatic N) is 2. The van der Waals surface area contributed by atoms with Gasteiger partial charge in [-0.25, -0.2) is 4.68 Å². The number of aromatic nitrogens is 2. The fourth-order valence-corrected chi connectivity index (χ4v) is 1.02. The first-order valence-corrected chi connectivity index (χ1v) is 5.05. The standard InChI is InChI=1S/C10H15F2N3O/c1-6(2)7(3)14-9(16)8-4-13-15(5-8)10(11)12/h4-7,10H,1-3H3,(H,14,16)/t7-/m1/s1. The van der Waals surface area contributed by atoms with E-state index in [1.807, 2.05) is 20.8 Å². The molecule has 1 N–H and O–H groups in total. The predicted molar refractivity (Wildman–Crippen MR) is 55.2 cm³/mol. The van der Waals surface area contributed by atoms with Crippen LogP contribution >= 0.6 is 0 Å². The van der Waals surface area contributed by atoms with E-state index in [9.17, 15) is 13.6 Å². The third-order valence-corrected chi connectivity index (χ3v) is 2.42. The maximum atomic E-state index is 12.2. The Balaban J connectivity index is 2.66. The van der Waals surface area contributed by atoms with E-state index in [1.54, 1.807) is 0 Å². The summed E-state index contributed by atoms with van der Waals surface area (Å²) in [5.74, 6) is -0.0952. The van der Waals surface area contributed by atoms with Gasteiger partial charge in [0, 0.05) is 12.2 Å². The molecule has 16 heavy (non-hydrogen) atoms. The maximum Gasteiger partial charge on any atom is 0.333 e. The van der Waals surface area contributed by atoms with Gasteiger partial charge in [0.2, 0.25) is 0 Å². The molecule has 1 aromatic heterocycles. The van der Waals surface area contributed by atoms with Crippen molar-refractivity contribution < 1.29 is 13.6 Å². The summed E-state index contributed by atoms with van der Waals surface area (Å²) in [7, 11) is 0. The fraction of sp³-hybridized carbons (Fsp3) is 0.600. The summed E-state index contributed by atoms with van der Waals surface area (Å²) in [5.41, 5.74) is 0.146. The lowest BCUT2D eigenvalue weighted by Gasteiger charge is -2.16. The summed E-state index contributed by atoms with van der Waals surface area (Å²) in [6.45, 7) is 3.07. The molecule has 0 unspecified atom stereocenters. The number of hydrogen-bond acceptors (Lipinski definition) is 2. The van der Waals surface area contributed by atoms with Crippen LogP contribution in [0.1, 0.15) is 37.7 Å². The van der Waals surface area contributed by atoms with Gasteiger partial charge in [-0.15, -0.1) is 0 Å². The molecule has 1 atom stereocenters. The minimum atomic E-state index is -2.72. The largest absolute Gasteiger partial charge is 0.349 e. The van der Waals surface area contributed by atoms with E-state index in [0.717, 1.165) is 12.4 Å². The molecule has 1 heterocycles. The molecule has 1 rings (SSSR count). The fourth-order valence-electron chi connectivity index (χ4n) is 1.02. The summed E-state index contributed by atoms with van der Waals surface area (Å²) in [4.78, 5) is 11.6. The van der Waals surface area contributed by atoms with Crippen LogP contribution in [0.25, 0.3) is 0 Å². The molecular formula is C10H15F2N3O. The lowest BCUT2D eigenvalue weighted by molar-refractivity contribution is 0.0565. The second-order valence-corrected chi connectivity index (χ2v) is 3.99. The van der Waals surface area contributed by atoms with Gasteiger partial charge in [-0.3, -0.25) is 4.79 Å². The Kier molecular flexibility index (Phi) is 3.98. The van der Waals surface area contributed by atoms with Crippen molar-refractivity contribution in [2.45, 2.75) is 33.4 Å². The van der Waals surface area contributed by atoms with Gasteiger partial charge >= 0.3 is 6.55 Å². The van der Waals surface area contributed by atoms with Crippen LogP contribution in [-0.4, -0.2) is 21.7 Å². The van der Waals surface area contributed by atoms with Crippen LogP contribution in [0.4, 0.5) is 8.78 Å². The Morgan fingerprint density at radius 2 is 2.06 bits per heavy atom. The van der Waals surface area contributed by atoms with Crippen molar-refractivity contribution in [3.63, 3.8) is 0 Å². The predicted octanol–water partition coefficient (Wildman–Crippen LogP) is 2.05. The molecule has 0 bridgehead atoms. The van der Waals surface area contributed by atoms with E-state index in [1.165, 1.54) is 0 Å². The highest BCUT2D eigenvalue weighted by Crippen LogP contribution is 2.10. The maximum absolute atomic E-state index is 12.2. The molecule has 90 valence electrons. The molecule has 6 heteroatoms. The van der Waals surface area contributed by atoms with Gasteiger partial charge in [-0.05, 0) is 12.8 Å². The number of amides is 1. The first kappa shape index (κ1) is 12.6. The molecule has 0 spiro atoms. The summed E-state index contributed by atoms with van der Waals surface area (Å²) < 4.78 is 24.9. The van der Waals surface area contributed by atoms with Crippen molar-refractivity contribution in [3.05, 3.63) is 18.0 Å². The van der Waals surface area contributed by atoms with Crippen molar-refractivity contribution >= 4 is 5.91 Å². The van der Waals surface area contributed by atoms with Crippen LogP contribution in [0, 0.1) is 5.92 Å². The molecule has 1 amide bonds. The second-order valence-electron chi connectivity index (χ2n) is 3.99. The highest BCUT2D eigenvalue weighted by Gasteiger charge is 2.15. The molecule has 0 aliphatic carbocycles. The number of halogens is 2. The Morgan fingerprint density at radius 1 is 1.44 bits per heavy atom. The minimum absolute atomic E-state index is 0.0117. The molecule has 0 saturated carbocycles. The number of nitrogens with one attached hydrogen (secondary N) is 1. The minimum Gasteiger partial charge on any atom is -0.349 e. The van der Waals surface area contributed by atoms with Crippen LogP contribution < -0.4 is 5.32 Å². The monoisotopic (exact) mass is 231 g/mol. The summed E-state index contributed by atoms with van der Waals surface area (Å²) >= 11 is 0. The average Bonchev–Trinajstić information content (AvgIpc) is 2.65. The van der Waals surface area contributed by atoms with E-state index in [4.69, 9.17) is 0 Å². The van der Waals surface area contributed by atoms with Gasteiger partial charge in [0.15, 0.2) is 0 Å². The lowest BCUT2D eigenvalue weighted by atomic mass is 10.1. The van der Waals surface area contributed by atoms with Crippen LogP contribution in [-0.2, 0) is 0 Å². The van der Waals surface area contributed by atoms with Crippen molar-refractivity contribution in [2.75, 3.05) is 0 Å². The van der Waals surface area contributed by atoms with Gasteiger partial charge in [-0.1, -0.05) is 13.8 Å². The lowest BCUT2D eigenvalue weighted by Crippen LogP contribution is -2.35. The van der Waals surface area contributed by atoms with Crippen LogP contribution in [0.15, 0.2) is 12.4 Å².